The molecule has 0 radical (unpaired) electrons. The third-order valence-electron chi connectivity index (χ3n) is 11.7. The molecular formula is C52H40. The summed E-state index contributed by atoms with van der Waals surface area (Å²) in [6, 6.07) is 61.7. The molecule has 0 nitrogen and oxygen atoms in total. The van der Waals surface area contributed by atoms with Crippen molar-refractivity contribution in [2.45, 2.75) is 39.0 Å². The molecular weight excluding hydrogens is 625 g/mol. The quantitative estimate of drug-likeness (QED) is 0.176. The first kappa shape index (κ1) is 30.8. The van der Waals surface area contributed by atoms with Gasteiger partial charge in [-0.25, -0.2) is 0 Å². The van der Waals surface area contributed by atoms with Gasteiger partial charge in [-0.15, -0.1) is 0 Å². The Morgan fingerprint density at radius 2 is 0.865 bits per heavy atom. The summed E-state index contributed by atoms with van der Waals surface area (Å²) in [5.74, 6) is 0.400. The molecule has 0 unspecified atom stereocenters. The van der Waals surface area contributed by atoms with Gasteiger partial charge >= 0.3 is 0 Å². The summed E-state index contributed by atoms with van der Waals surface area (Å²) in [4.78, 5) is 0. The lowest BCUT2D eigenvalue weighted by Gasteiger charge is -2.23. The van der Waals surface area contributed by atoms with Gasteiger partial charge in [0, 0.05) is 5.41 Å². The van der Waals surface area contributed by atoms with Crippen LogP contribution in [0.3, 0.4) is 0 Å². The summed E-state index contributed by atoms with van der Waals surface area (Å²) in [6.07, 6.45) is 0. The second-order valence-electron chi connectivity index (χ2n) is 15.6. The Balaban J connectivity index is 1.11. The summed E-state index contributed by atoms with van der Waals surface area (Å²) in [5.41, 5.74) is 14.4. The van der Waals surface area contributed by atoms with Crippen molar-refractivity contribution in [3.05, 3.63) is 180 Å². The maximum absolute atomic E-state index is 2.51. The molecule has 9 aromatic carbocycles. The highest BCUT2D eigenvalue weighted by Gasteiger charge is 2.37. The van der Waals surface area contributed by atoms with Crippen LogP contribution in [0.15, 0.2) is 164 Å². The van der Waals surface area contributed by atoms with Crippen LogP contribution in [0.4, 0.5) is 0 Å². The molecule has 0 fully saturated rings. The zero-order valence-corrected chi connectivity index (χ0v) is 30.2. The molecule has 1 aliphatic rings. The van der Waals surface area contributed by atoms with Gasteiger partial charge in [0.2, 0.25) is 0 Å². The number of fused-ring (bicyclic) bond motifs is 8. The van der Waals surface area contributed by atoms with Gasteiger partial charge < -0.3 is 0 Å². The Morgan fingerprint density at radius 3 is 1.52 bits per heavy atom. The van der Waals surface area contributed by atoms with E-state index in [0.717, 1.165) is 0 Å². The Bertz CT molecular complexity index is 2900. The van der Waals surface area contributed by atoms with E-state index < -0.39 is 0 Å². The van der Waals surface area contributed by atoms with Crippen LogP contribution in [0.2, 0.25) is 0 Å². The van der Waals surface area contributed by atoms with Crippen molar-refractivity contribution in [3.63, 3.8) is 0 Å². The molecule has 0 amide bonds. The minimum Gasteiger partial charge on any atom is -0.0616 e. The van der Waals surface area contributed by atoms with E-state index in [0.29, 0.717) is 5.92 Å². The van der Waals surface area contributed by atoms with E-state index in [-0.39, 0.29) is 5.41 Å². The van der Waals surface area contributed by atoms with Crippen molar-refractivity contribution in [2.75, 3.05) is 0 Å². The van der Waals surface area contributed by atoms with E-state index in [9.17, 15) is 0 Å². The highest BCUT2D eigenvalue weighted by molar-refractivity contribution is 6.10. The van der Waals surface area contributed by atoms with Gasteiger partial charge in [-0.2, -0.15) is 0 Å². The normalized spacial score (nSPS) is 13.3. The molecule has 0 N–H and O–H groups in total. The average molecular weight is 665 g/mol. The van der Waals surface area contributed by atoms with E-state index in [1.807, 2.05) is 0 Å². The topological polar surface area (TPSA) is 0 Å². The molecule has 0 bridgehead atoms. The standard InChI is InChI=1S/C52H40/c1-32(2)42-26-43(41-22-21-39-24-38(19-20-40(39)25-41)37-18-17-33-11-5-6-12-34(33)23-37)28-44(27-42)47-31-50-51(46-16-10-9-15-45(46)47)48-29-35-13-7-8-14-36(35)30-49(48)52(50,3)4/h5-32H,1-4H3. The lowest BCUT2D eigenvalue weighted by atomic mass is 9.80. The highest BCUT2D eigenvalue weighted by atomic mass is 14.4. The summed E-state index contributed by atoms with van der Waals surface area (Å²) >= 11 is 0. The predicted molar refractivity (Wildman–Crippen MR) is 224 cm³/mol. The SMILES string of the molecule is CC(C)c1cc(-c2ccc3cc(-c4ccc5ccccc5c4)ccc3c2)cc(-c2cc3c(c4ccccc24)-c2cc4ccccc4cc2C3(C)C)c1. The molecule has 0 aliphatic heterocycles. The Kier molecular flexibility index (Phi) is 6.83. The third-order valence-corrected chi connectivity index (χ3v) is 11.7. The summed E-state index contributed by atoms with van der Waals surface area (Å²) < 4.78 is 0. The van der Waals surface area contributed by atoms with Crippen LogP contribution in [0, 0.1) is 0 Å². The molecule has 52 heavy (non-hydrogen) atoms. The van der Waals surface area contributed by atoms with Crippen LogP contribution in [0.25, 0.3) is 87.6 Å². The lowest BCUT2D eigenvalue weighted by molar-refractivity contribution is 0.662. The fraction of sp³-hybridized carbons (Fsp3) is 0.115. The molecule has 1 aliphatic carbocycles. The fourth-order valence-electron chi connectivity index (χ4n) is 8.79. The van der Waals surface area contributed by atoms with Gasteiger partial charge in [-0.3, -0.25) is 0 Å². The fourth-order valence-corrected chi connectivity index (χ4v) is 8.79. The first-order valence-electron chi connectivity index (χ1n) is 18.6. The largest absolute Gasteiger partial charge is 0.0616 e. The van der Waals surface area contributed by atoms with Gasteiger partial charge in [-0.05, 0) is 153 Å². The molecule has 0 spiro atoms. The van der Waals surface area contributed by atoms with E-state index in [2.05, 4.69) is 191 Å². The van der Waals surface area contributed by atoms with Crippen LogP contribution >= 0.6 is 0 Å². The van der Waals surface area contributed by atoms with E-state index in [1.165, 1.54) is 104 Å². The van der Waals surface area contributed by atoms with Crippen molar-refractivity contribution < 1.29 is 0 Å². The summed E-state index contributed by atoms with van der Waals surface area (Å²) in [5, 5.41) is 10.3. The van der Waals surface area contributed by atoms with E-state index in [1.54, 1.807) is 0 Å². The first-order valence-corrected chi connectivity index (χ1v) is 18.6. The zero-order valence-electron chi connectivity index (χ0n) is 30.2. The number of hydrogen-bond donors (Lipinski definition) is 0. The Labute approximate surface area is 306 Å². The second kappa shape index (κ2) is 11.5. The van der Waals surface area contributed by atoms with Crippen molar-refractivity contribution >= 4 is 43.1 Å². The van der Waals surface area contributed by atoms with Crippen molar-refractivity contribution in [1.29, 1.82) is 0 Å². The molecule has 0 aromatic heterocycles. The lowest BCUT2D eigenvalue weighted by Crippen LogP contribution is -2.15. The smallest absolute Gasteiger partial charge is 0.0159 e. The van der Waals surface area contributed by atoms with Crippen molar-refractivity contribution in [3.8, 4) is 44.5 Å². The van der Waals surface area contributed by atoms with E-state index in [4.69, 9.17) is 0 Å². The zero-order chi connectivity index (χ0) is 35.1. The van der Waals surface area contributed by atoms with E-state index >= 15 is 0 Å². The summed E-state index contributed by atoms with van der Waals surface area (Å²) in [7, 11) is 0. The number of benzene rings is 9. The molecule has 0 saturated heterocycles. The van der Waals surface area contributed by atoms with Crippen LogP contribution < -0.4 is 0 Å². The van der Waals surface area contributed by atoms with Gasteiger partial charge in [0.15, 0.2) is 0 Å². The van der Waals surface area contributed by atoms with Gasteiger partial charge in [-0.1, -0.05) is 149 Å². The van der Waals surface area contributed by atoms with Crippen LogP contribution in [0.1, 0.15) is 50.3 Å². The third kappa shape index (κ3) is 4.82. The van der Waals surface area contributed by atoms with Gasteiger partial charge in [0.25, 0.3) is 0 Å². The molecule has 248 valence electrons. The average Bonchev–Trinajstić information content (AvgIpc) is 3.40. The van der Waals surface area contributed by atoms with Crippen molar-refractivity contribution in [1.82, 2.24) is 0 Å². The molecule has 9 aromatic rings. The predicted octanol–water partition coefficient (Wildman–Crippen LogP) is 14.7. The van der Waals surface area contributed by atoms with Crippen molar-refractivity contribution in [2.24, 2.45) is 0 Å². The molecule has 0 saturated carbocycles. The minimum atomic E-state index is -0.115. The Hall–Kier alpha value is -5.98. The second-order valence-corrected chi connectivity index (χ2v) is 15.6. The van der Waals surface area contributed by atoms with Crippen LogP contribution in [0.5, 0.6) is 0 Å². The molecule has 0 heterocycles. The van der Waals surface area contributed by atoms with Gasteiger partial charge in [0.05, 0.1) is 0 Å². The maximum Gasteiger partial charge on any atom is 0.0159 e. The number of hydrogen-bond acceptors (Lipinski definition) is 0. The highest BCUT2D eigenvalue weighted by Crippen LogP contribution is 2.54. The maximum atomic E-state index is 2.51. The van der Waals surface area contributed by atoms with Gasteiger partial charge in [0.1, 0.15) is 0 Å². The first-order chi connectivity index (χ1) is 25.3. The molecule has 0 heteroatoms. The summed E-state index contributed by atoms with van der Waals surface area (Å²) in [6.45, 7) is 9.43. The monoisotopic (exact) mass is 664 g/mol. The number of rotatable bonds is 4. The minimum absolute atomic E-state index is 0.115. The molecule has 0 atom stereocenters. The van der Waals surface area contributed by atoms with Crippen LogP contribution in [-0.2, 0) is 5.41 Å². The Morgan fingerprint density at radius 1 is 0.365 bits per heavy atom. The van der Waals surface area contributed by atoms with Crippen LogP contribution in [-0.4, -0.2) is 0 Å². The molecule has 10 rings (SSSR count).